The summed E-state index contributed by atoms with van der Waals surface area (Å²) in [6.45, 7) is 2.06. The summed E-state index contributed by atoms with van der Waals surface area (Å²) in [4.78, 5) is 23.1. The lowest BCUT2D eigenvalue weighted by Gasteiger charge is -2.12. The van der Waals surface area contributed by atoms with Crippen LogP contribution in [0.25, 0.3) is 0 Å². The molecule has 8 heteroatoms. The molecule has 25 heavy (non-hydrogen) atoms. The molecular weight excluding hydrogens is 326 g/mol. The first-order valence-corrected chi connectivity index (χ1v) is 7.30. The number of nitrogens with zero attached hydrogens (tertiary/aromatic N) is 2. The monoisotopic (exact) mass is 341 g/mol. The molecule has 0 saturated heterocycles. The zero-order valence-corrected chi connectivity index (χ0v) is 13.6. The van der Waals surface area contributed by atoms with Crippen LogP contribution in [0, 0.1) is 21.4 Å². The fraction of sp³-hybridized carbons (Fsp3) is 0.176. The van der Waals surface area contributed by atoms with E-state index in [4.69, 9.17) is 14.7 Å². The van der Waals surface area contributed by atoms with Gasteiger partial charge in [-0.15, -0.1) is 0 Å². The number of nitriles is 1. The number of hydrogen-bond donors (Lipinski definition) is 1. The molecular formula is C17H15N3O5. The predicted molar refractivity (Wildman–Crippen MR) is 89.9 cm³/mol. The van der Waals surface area contributed by atoms with Gasteiger partial charge in [-0.1, -0.05) is 0 Å². The Hall–Kier alpha value is -3.60. The van der Waals surface area contributed by atoms with Gasteiger partial charge in [-0.05, 0) is 31.2 Å². The van der Waals surface area contributed by atoms with E-state index >= 15 is 0 Å². The Morgan fingerprint density at radius 2 is 1.96 bits per heavy atom. The number of amides is 1. The van der Waals surface area contributed by atoms with Gasteiger partial charge in [-0.2, -0.15) is 5.26 Å². The number of rotatable bonds is 6. The Balaban J connectivity index is 2.40. The van der Waals surface area contributed by atoms with E-state index in [1.807, 2.05) is 6.07 Å². The zero-order chi connectivity index (χ0) is 18.4. The molecule has 0 bridgehead atoms. The van der Waals surface area contributed by atoms with Crippen LogP contribution >= 0.6 is 0 Å². The van der Waals surface area contributed by atoms with Crippen LogP contribution in [0.3, 0.4) is 0 Å². The Labute approximate surface area is 143 Å². The number of methoxy groups -OCH3 is 1. The maximum absolute atomic E-state index is 12.5. The van der Waals surface area contributed by atoms with Gasteiger partial charge in [0, 0.05) is 11.8 Å². The number of benzene rings is 2. The molecule has 1 amide bonds. The van der Waals surface area contributed by atoms with E-state index in [-0.39, 0.29) is 17.1 Å². The van der Waals surface area contributed by atoms with Gasteiger partial charge in [-0.3, -0.25) is 14.9 Å². The van der Waals surface area contributed by atoms with Crippen LogP contribution in [0.2, 0.25) is 0 Å². The SMILES string of the molecule is CCOc1cc(C(=O)Nc2ccc(C#N)cc2)c([N+](=O)[O-])cc1OC. The highest BCUT2D eigenvalue weighted by Gasteiger charge is 2.24. The Kier molecular flexibility index (Phi) is 5.53. The molecule has 0 fully saturated rings. The summed E-state index contributed by atoms with van der Waals surface area (Å²) in [5.41, 5.74) is 0.296. The molecule has 0 saturated carbocycles. The number of carbonyl (C=O) groups excluding carboxylic acids is 1. The van der Waals surface area contributed by atoms with Crippen molar-refractivity contribution in [3.8, 4) is 17.6 Å². The lowest BCUT2D eigenvalue weighted by molar-refractivity contribution is -0.385. The number of ether oxygens (including phenoxy) is 2. The van der Waals surface area contributed by atoms with Gasteiger partial charge in [0.05, 0.1) is 36.3 Å². The highest BCUT2D eigenvalue weighted by atomic mass is 16.6. The maximum Gasteiger partial charge on any atom is 0.286 e. The summed E-state index contributed by atoms with van der Waals surface area (Å²) in [7, 11) is 1.36. The Bertz CT molecular complexity index is 841. The van der Waals surface area contributed by atoms with Crippen molar-refractivity contribution in [2.75, 3.05) is 19.0 Å². The number of nitro groups is 1. The summed E-state index contributed by atoms with van der Waals surface area (Å²) in [5, 5.41) is 22.6. The minimum absolute atomic E-state index is 0.154. The Morgan fingerprint density at radius 3 is 2.48 bits per heavy atom. The highest BCUT2D eigenvalue weighted by Crippen LogP contribution is 2.35. The van der Waals surface area contributed by atoms with Crippen LogP contribution in [-0.4, -0.2) is 24.5 Å². The molecule has 0 heterocycles. The van der Waals surface area contributed by atoms with Crippen LogP contribution in [0.5, 0.6) is 11.5 Å². The molecule has 0 aliphatic carbocycles. The van der Waals surface area contributed by atoms with E-state index in [0.717, 1.165) is 6.07 Å². The van der Waals surface area contributed by atoms with E-state index in [1.165, 1.54) is 37.4 Å². The number of anilines is 1. The van der Waals surface area contributed by atoms with Crippen molar-refractivity contribution in [3.05, 3.63) is 57.6 Å². The van der Waals surface area contributed by atoms with Crippen LogP contribution < -0.4 is 14.8 Å². The molecule has 0 atom stereocenters. The van der Waals surface area contributed by atoms with E-state index in [1.54, 1.807) is 6.92 Å². The van der Waals surface area contributed by atoms with Gasteiger partial charge in [0.2, 0.25) is 0 Å². The topological polar surface area (TPSA) is 114 Å². The molecule has 0 radical (unpaired) electrons. The maximum atomic E-state index is 12.5. The third-order valence-electron chi connectivity index (χ3n) is 3.29. The zero-order valence-electron chi connectivity index (χ0n) is 13.6. The number of hydrogen-bond acceptors (Lipinski definition) is 6. The van der Waals surface area contributed by atoms with Crippen molar-refractivity contribution in [2.24, 2.45) is 0 Å². The van der Waals surface area contributed by atoms with Crippen LogP contribution in [0.1, 0.15) is 22.8 Å². The lowest BCUT2D eigenvalue weighted by atomic mass is 10.1. The smallest absolute Gasteiger partial charge is 0.286 e. The second-order valence-electron chi connectivity index (χ2n) is 4.85. The molecule has 2 aromatic carbocycles. The van der Waals surface area contributed by atoms with Crippen LogP contribution in [0.4, 0.5) is 11.4 Å². The first-order chi connectivity index (χ1) is 12.0. The molecule has 0 unspecified atom stereocenters. The molecule has 0 spiro atoms. The minimum atomic E-state index is -0.667. The third kappa shape index (κ3) is 4.03. The predicted octanol–water partition coefficient (Wildman–Crippen LogP) is 3.13. The largest absolute Gasteiger partial charge is 0.493 e. The second-order valence-corrected chi connectivity index (χ2v) is 4.85. The van der Waals surface area contributed by atoms with Crippen LogP contribution in [0.15, 0.2) is 36.4 Å². The molecule has 0 aliphatic heterocycles. The highest BCUT2D eigenvalue weighted by molar-refractivity contribution is 6.07. The number of carbonyl (C=O) groups is 1. The summed E-state index contributed by atoms with van der Waals surface area (Å²) in [6, 6.07) is 10.5. The molecule has 0 aliphatic rings. The van der Waals surface area contributed by atoms with Crippen molar-refractivity contribution in [2.45, 2.75) is 6.92 Å². The number of nitro benzene ring substituents is 1. The van der Waals surface area contributed by atoms with Gasteiger partial charge in [0.25, 0.3) is 11.6 Å². The van der Waals surface area contributed by atoms with Crippen molar-refractivity contribution in [1.29, 1.82) is 5.26 Å². The van der Waals surface area contributed by atoms with E-state index < -0.39 is 16.5 Å². The van der Waals surface area contributed by atoms with Gasteiger partial charge < -0.3 is 14.8 Å². The molecule has 2 aromatic rings. The first kappa shape index (κ1) is 17.7. The van der Waals surface area contributed by atoms with Crippen molar-refractivity contribution in [1.82, 2.24) is 0 Å². The Morgan fingerprint density at radius 1 is 1.28 bits per heavy atom. The minimum Gasteiger partial charge on any atom is -0.493 e. The third-order valence-corrected chi connectivity index (χ3v) is 3.29. The van der Waals surface area contributed by atoms with Crippen LogP contribution in [-0.2, 0) is 0 Å². The second kappa shape index (κ2) is 7.79. The summed E-state index contributed by atoms with van der Waals surface area (Å²) < 4.78 is 10.4. The quantitative estimate of drug-likeness (QED) is 0.637. The summed E-state index contributed by atoms with van der Waals surface area (Å²) in [5.74, 6) is -0.260. The van der Waals surface area contributed by atoms with Crippen molar-refractivity contribution in [3.63, 3.8) is 0 Å². The molecule has 1 N–H and O–H groups in total. The average Bonchev–Trinajstić information content (AvgIpc) is 2.62. The van der Waals surface area contributed by atoms with Gasteiger partial charge in [-0.25, -0.2) is 0 Å². The fourth-order valence-electron chi connectivity index (χ4n) is 2.14. The molecule has 2 rings (SSSR count). The first-order valence-electron chi connectivity index (χ1n) is 7.30. The number of nitrogens with one attached hydrogen (secondary N) is 1. The molecule has 8 nitrogen and oxygen atoms in total. The summed E-state index contributed by atoms with van der Waals surface area (Å²) in [6.07, 6.45) is 0. The van der Waals surface area contributed by atoms with E-state index in [0.29, 0.717) is 17.9 Å². The van der Waals surface area contributed by atoms with E-state index in [9.17, 15) is 14.9 Å². The molecule has 0 aromatic heterocycles. The normalized spacial score (nSPS) is 9.80. The lowest BCUT2D eigenvalue weighted by Crippen LogP contribution is -2.14. The van der Waals surface area contributed by atoms with Gasteiger partial charge in [0.15, 0.2) is 11.5 Å². The van der Waals surface area contributed by atoms with E-state index in [2.05, 4.69) is 5.32 Å². The average molecular weight is 341 g/mol. The summed E-state index contributed by atoms with van der Waals surface area (Å²) >= 11 is 0. The van der Waals surface area contributed by atoms with Crippen molar-refractivity contribution >= 4 is 17.3 Å². The van der Waals surface area contributed by atoms with Gasteiger partial charge in [0.1, 0.15) is 5.56 Å². The fourth-order valence-corrected chi connectivity index (χ4v) is 2.14. The van der Waals surface area contributed by atoms with Crippen molar-refractivity contribution < 1.29 is 19.2 Å². The molecule has 128 valence electrons. The standard InChI is InChI=1S/C17H15N3O5/c1-3-25-16-8-13(14(20(22)23)9-15(16)24-2)17(21)19-12-6-4-11(10-18)5-7-12/h4-9H,3H2,1-2H3,(H,19,21). The van der Waals surface area contributed by atoms with Gasteiger partial charge >= 0.3 is 0 Å².